The third kappa shape index (κ3) is 1.90. The molecule has 1 aliphatic rings. The molecule has 1 aliphatic heterocycles. The van der Waals surface area contributed by atoms with Gasteiger partial charge in [-0.25, -0.2) is 0 Å². The number of carbonyl (C=O) groups is 1. The van der Waals surface area contributed by atoms with Crippen molar-refractivity contribution in [1.82, 2.24) is 4.90 Å². The monoisotopic (exact) mass is 211 g/mol. The van der Waals surface area contributed by atoms with E-state index in [2.05, 4.69) is 18.5 Å². The molecule has 0 aromatic carbocycles. The molecule has 1 fully saturated rings. The Morgan fingerprint density at radius 3 is 2.79 bits per heavy atom. The highest BCUT2D eigenvalue weighted by Gasteiger charge is 2.38. The number of hydrogen-bond donors (Lipinski definition) is 1. The topological polar surface area (TPSA) is 20.3 Å². The number of amides is 1. The minimum Gasteiger partial charge on any atom is -0.326 e. The molecule has 0 bridgehead atoms. The van der Waals surface area contributed by atoms with Gasteiger partial charge in [0, 0.05) is 13.0 Å². The summed E-state index contributed by atoms with van der Waals surface area (Å²) in [7, 11) is 0. The third-order valence-electron chi connectivity index (χ3n) is 3.06. The van der Waals surface area contributed by atoms with Gasteiger partial charge >= 0.3 is 0 Å². The van der Waals surface area contributed by atoms with Gasteiger partial charge in [-0.3, -0.25) is 4.79 Å². The van der Waals surface area contributed by atoms with Gasteiger partial charge in [0.2, 0.25) is 5.91 Å². The van der Waals surface area contributed by atoms with Crippen LogP contribution in [0.25, 0.3) is 0 Å². The van der Waals surface area contributed by atoms with Gasteiger partial charge in [0.05, 0.1) is 0 Å². The lowest BCUT2D eigenvalue weighted by Crippen LogP contribution is -2.45. The molecular formula is C11H17NOS. The zero-order chi connectivity index (χ0) is 10.8. The molecule has 1 amide bonds. The summed E-state index contributed by atoms with van der Waals surface area (Å²) in [6.45, 7) is 4.73. The van der Waals surface area contributed by atoms with E-state index in [-0.39, 0.29) is 5.91 Å². The second-order valence-corrected chi connectivity index (χ2v) is 4.39. The zero-order valence-corrected chi connectivity index (χ0v) is 9.68. The minimum atomic E-state index is -0.408. The van der Waals surface area contributed by atoms with Crippen LogP contribution in [0.5, 0.6) is 0 Å². The standard InChI is InChI=1S/C11H17NOS/c1-4-11(3,5-2)12-7-9(8-14)6-10(12)13/h1,9,14H,5-8H2,2-3H3. The number of nitrogens with zero attached hydrogens (tertiary/aromatic N) is 1. The summed E-state index contributed by atoms with van der Waals surface area (Å²) in [6.07, 6.45) is 6.88. The molecule has 0 spiro atoms. The van der Waals surface area contributed by atoms with E-state index in [1.54, 1.807) is 0 Å². The van der Waals surface area contributed by atoms with Gasteiger partial charge in [-0.05, 0) is 25.0 Å². The molecule has 1 rings (SSSR count). The molecule has 2 nitrogen and oxygen atoms in total. The molecule has 2 unspecified atom stereocenters. The summed E-state index contributed by atoms with van der Waals surface area (Å²) < 4.78 is 0. The smallest absolute Gasteiger partial charge is 0.224 e. The van der Waals surface area contributed by atoms with Crippen molar-refractivity contribution in [2.24, 2.45) is 5.92 Å². The lowest BCUT2D eigenvalue weighted by Gasteiger charge is -2.33. The highest BCUT2D eigenvalue weighted by Crippen LogP contribution is 2.28. The molecular weight excluding hydrogens is 194 g/mol. The van der Waals surface area contributed by atoms with Gasteiger partial charge in [0.1, 0.15) is 5.54 Å². The molecule has 0 saturated carbocycles. The van der Waals surface area contributed by atoms with E-state index in [1.807, 2.05) is 18.7 Å². The second kappa shape index (κ2) is 4.27. The molecule has 0 aromatic rings. The first kappa shape index (κ1) is 11.5. The van der Waals surface area contributed by atoms with Crippen molar-refractivity contribution < 1.29 is 4.79 Å². The summed E-state index contributed by atoms with van der Waals surface area (Å²) in [6, 6.07) is 0. The average Bonchev–Trinajstić information content (AvgIpc) is 2.59. The van der Waals surface area contributed by atoms with Crippen molar-refractivity contribution in [3.63, 3.8) is 0 Å². The first-order valence-corrected chi connectivity index (χ1v) is 5.59. The molecule has 1 heterocycles. The Morgan fingerprint density at radius 1 is 1.79 bits per heavy atom. The van der Waals surface area contributed by atoms with Gasteiger partial charge in [-0.15, -0.1) is 6.42 Å². The van der Waals surface area contributed by atoms with E-state index >= 15 is 0 Å². The molecule has 14 heavy (non-hydrogen) atoms. The summed E-state index contributed by atoms with van der Waals surface area (Å²) in [5, 5.41) is 0. The number of rotatable bonds is 3. The number of carbonyl (C=O) groups excluding carboxylic acids is 1. The first-order chi connectivity index (χ1) is 6.57. The van der Waals surface area contributed by atoms with Crippen LogP contribution in [-0.2, 0) is 4.79 Å². The Bertz CT molecular complexity index is 271. The summed E-state index contributed by atoms with van der Waals surface area (Å²) in [5.41, 5.74) is -0.408. The van der Waals surface area contributed by atoms with Crippen LogP contribution in [0.2, 0.25) is 0 Å². The SMILES string of the molecule is C#CC(C)(CC)N1CC(CS)CC1=O. The molecule has 78 valence electrons. The summed E-state index contributed by atoms with van der Waals surface area (Å²) >= 11 is 4.22. The highest BCUT2D eigenvalue weighted by atomic mass is 32.1. The van der Waals surface area contributed by atoms with E-state index in [1.165, 1.54) is 0 Å². The number of likely N-dealkylation sites (tertiary alicyclic amines) is 1. The van der Waals surface area contributed by atoms with Gasteiger partial charge in [-0.1, -0.05) is 12.8 Å². The second-order valence-electron chi connectivity index (χ2n) is 4.03. The van der Waals surface area contributed by atoms with Gasteiger partial charge in [0.15, 0.2) is 0 Å². The van der Waals surface area contributed by atoms with E-state index in [4.69, 9.17) is 6.42 Å². The van der Waals surface area contributed by atoms with Crippen LogP contribution in [0.15, 0.2) is 0 Å². The Morgan fingerprint density at radius 2 is 2.43 bits per heavy atom. The average molecular weight is 211 g/mol. The maximum Gasteiger partial charge on any atom is 0.224 e. The highest BCUT2D eigenvalue weighted by molar-refractivity contribution is 7.80. The van der Waals surface area contributed by atoms with Crippen LogP contribution < -0.4 is 0 Å². The quantitative estimate of drug-likeness (QED) is 0.555. The Balaban J connectivity index is 2.80. The number of hydrogen-bond acceptors (Lipinski definition) is 2. The number of thiol groups is 1. The van der Waals surface area contributed by atoms with E-state index < -0.39 is 5.54 Å². The summed E-state index contributed by atoms with van der Waals surface area (Å²) in [4.78, 5) is 13.5. The minimum absolute atomic E-state index is 0.173. The van der Waals surface area contributed by atoms with Crippen LogP contribution in [-0.4, -0.2) is 28.6 Å². The predicted molar refractivity (Wildman–Crippen MR) is 61.2 cm³/mol. The Kier molecular flexibility index (Phi) is 3.49. The normalized spacial score (nSPS) is 26.0. The van der Waals surface area contributed by atoms with Crippen molar-refractivity contribution in [2.45, 2.75) is 32.2 Å². The molecule has 1 saturated heterocycles. The molecule has 0 radical (unpaired) electrons. The lowest BCUT2D eigenvalue weighted by molar-refractivity contribution is -0.131. The van der Waals surface area contributed by atoms with Crippen LogP contribution >= 0.6 is 12.6 Å². The van der Waals surface area contributed by atoms with Crippen molar-refractivity contribution in [2.75, 3.05) is 12.3 Å². The van der Waals surface area contributed by atoms with Crippen LogP contribution in [0.1, 0.15) is 26.7 Å². The van der Waals surface area contributed by atoms with Gasteiger partial charge in [-0.2, -0.15) is 12.6 Å². The molecule has 0 aliphatic carbocycles. The molecule has 0 N–H and O–H groups in total. The van der Waals surface area contributed by atoms with Crippen molar-refractivity contribution in [1.29, 1.82) is 0 Å². The Labute approximate surface area is 91.5 Å². The van der Waals surface area contributed by atoms with Crippen LogP contribution in [0.3, 0.4) is 0 Å². The molecule has 3 heteroatoms. The maximum atomic E-state index is 11.7. The van der Waals surface area contributed by atoms with E-state index in [0.717, 1.165) is 18.7 Å². The molecule has 0 aromatic heterocycles. The number of terminal acetylenes is 1. The predicted octanol–water partition coefficient (Wildman–Crippen LogP) is 1.57. The van der Waals surface area contributed by atoms with Crippen molar-refractivity contribution >= 4 is 18.5 Å². The van der Waals surface area contributed by atoms with Crippen LogP contribution in [0, 0.1) is 18.3 Å². The maximum absolute atomic E-state index is 11.7. The van der Waals surface area contributed by atoms with E-state index in [9.17, 15) is 4.79 Å². The summed E-state index contributed by atoms with van der Waals surface area (Å²) in [5.74, 6) is 4.02. The van der Waals surface area contributed by atoms with Crippen LogP contribution in [0.4, 0.5) is 0 Å². The van der Waals surface area contributed by atoms with Crippen molar-refractivity contribution in [3.05, 3.63) is 0 Å². The van der Waals surface area contributed by atoms with Gasteiger partial charge < -0.3 is 4.90 Å². The Hall–Kier alpha value is -0.620. The van der Waals surface area contributed by atoms with Crippen molar-refractivity contribution in [3.8, 4) is 12.3 Å². The first-order valence-electron chi connectivity index (χ1n) is 4.96. The lowest BCUT2D eigenvalue weighted by atomic mass is 9.98. The third-order valence-corrected chi connectivity index (χ3v) is 3.57. The molecule has 2 atom stereocenters. The fourth-order valence-electron chi connectivity index (χ4n) is 1.75. The van der Waals surface area contributed by atoms with E-state index in [0.29, 0.717) is 12.3 Å². The fourth-order valence-corrected chi connectivity index (χ4v) is 2.00. The fraction of sp³-hybridized carbons (Fsp3) is 0.727. The van der Waals surface area contributed by atoms with Gasteiger partial charge in [0.25, 0.3) is 0 Å². The largest absolute Gasteiger partial charge is 0.326 e. The zero-order valence-electron chi connectivity index (χ0n) is 8.79.